The lowest BCUT2D eigenvalue weighted by molar-refractivity contribution is 0.428. The van der Waals surface area contributed by atoms with E-state index in [1.165, 1.54) is 16.4 Å². The molecule has 1 heterocycles. The largest absolute Gasteiger partial charge is 0.396 e. The molecule has 1 aliphatic rings. The first-order valence-corrected chi connectivity index (χ1v) is 7.93. The Hall–Kier alpha value is -0.750. The Morgan fingerprint density at radius 1 is 1.32 bits per heavy atom. The molecule has 0 amide bonds. The first-order chi connectivity index (χ1) is 8.84. The van der Waals surface area contributed by atoms with Crippen LogP contribution in [-0.2, 0) is 10.0 Å². The van der Waals surface area contributed by atoms with E-state index in [9.17, 15) is 8.42 Å². The summed E-state index contributed by atoms with van der Waals surface area (Å²) >= 11 is 11.8. The van der Waals surface area contributed by atoms with Gasteiger partial charge >= 0.3 is 0 Å². The van der Waals surface area contributed by atoms with Crippen LogP contribution in [0.25, 0.3) is 0 Å². The molecule has 2 rings (SSSR count). The summed E-state index contributed by atoms with van der Waals surface area (Å²) in [5.74, 6) is 0. The van der Waals surface area contributed by atoms with Crippen molar-refractivity contribution in [2.45, 2.75) is 18.2 Å². The summed E-state index contributed by atoms with van der Waals surface area (Å²) in [6.45, 7) is 2.72. The highest BCUT2D eigenvalue weighted by atomic mass is 35.5. The molecule has 2 N–H and O–H groups in total. The van der Waals surface area contributed by atoms with E-state index < -0.39 is 10.0 Å². The monoisotopic (exact) mass is 320 g/mol. The van der Waals surface area contributed by atoms with E-state index in [-0.39, 0.29) is 20.6 Å². The average Bonchev–Trinajstić information content (AvgIpc) is 2.36. The van der Waals surface area contributed by atoms with Crippen LogP contribution in [0.5, 0.6) is 0 Å². The Morgan fingerprint density at radius 3 is 2.63 bits per heavy atom. The maximum absolute atomic E-state index is 12.5. The van der Waals surface area contributed by atoms with E-state index in [1.54, 1.807) is 0 Å². The summed E-state index contributed by atoms with van der Waals surface area (Å²) in [4.78, 5) is 0.00534. The van der Waals surface area contributed by atoms with Crippen LogP contribution in [0, 0.1) is 0 Å². The van der Waals surface area contributed by atoms with Gasteiger partial charge in [-0.1, -0.05) is 34.9 Å². The molecule has 0 fully saturated rings. The second-order valence-corrected chi connectivity index (χ2v) is 7.14. The van der Waals surface area contributed by atoms with Crippen LogP contribution in [0.3, 0.4) is 0 Å². The van der Waals surface area contributed by atoms with Gasteiger partial charge in [-0.3, -0.25) is 0 Å². The van der Waals surface area contributed by atoms with E-state index in [0.717, 1.165) is 5.57 Å². The summed E-state index contributed by atoms with van der Waals surface area (Å²) in [6, 6.07) is 2.84. The number of hydrogen-bond donors (Lipinski definition) is 1. The van der Waals surface area contributed by atoms with E-state index in [4.69, 9.17) is 28.9 Å². The third kappa shape index (κ3) is 2.74. The van der Waals surface area contributed by atoms with Gasteiger partial charge in [-0.15, -0.1) is 0 Å². The molecule has 1 aromatic carbocycles. The van der Waals surface area contributed by atoms with Crippen molar-refractivity contribution in [3.63, 3.8) is 0 Å². The summed E-state index contributed by atoms with van der Waals surface area (Å²) in [5, 5.41) is 0.235. The molecular weight excluding hydrogens is 307 g/mol. The molecule has 19 heavy (non-hydrogen) atoms. The zero-order valence-corrected chi connectivity index (χ0v) is 12.7. The lowest BCUT2D eigenvalue weighted by Gasteiger charge is -2.26. The van der Waals surface area contributed by atoms with E-state index in [0.29, 0.717) is 19.5 Å². The Bertz CT molecular complexity index is 641. The standard InChI is InChI=1S/C12H14Cl2N2O2S/c1-8-3-2-6-16(7-8)19(17,18)10-5-4-9(13)12(15)11(10)14/h3-5H,2,6-7,15H2,1H3. The molecule has 0 aromatic heterocycles. The quantitative estimate of drug-likeness (QED) is 0.673. The smallest absolute Gasteiger partial charge is 0.244 e. The minimum atomic E-state index is -3.64. The van der Waals surface area contributed by atoms with Crippen LogP contribution >= 0.6 is 23.2 Å². The minimum Gasteiger partial charge on any atom is -0.396 e. The van der Waals surface area contributed by atoms with Gasteiger partial charge in [0.15, 0.2) is 0 Å². The van der Waals surface area contributed by atoms with Crippen LogP contribution < -0.4 is 5.73 Å². The number of rotatable bonds is 2. The molecule has 0 bridgehead atoms. The molecule has 0 atom stereocenters. The van der Waals surface area contributed by atoms with Crippen molar-refractivity contribution in [1.29, 1.82) is 0 Å². The topological polar surface area (TPSA) is 63.4 Å². The van der Waals surface area contributed by atoms with Gasteiger partial charge in [-0.05, 0) is 25.5 Å². The van der Waals surface area contributed by atoms with E-state index in [2.05, 4.69) is 0 Å². The van der Waals surface area contributed by atoms with Crippen molar-refractivity contribution in [3.05, 3.63) is 33.8 Å². The van der Waals surface area contributed by atoms with Crippen LogP contribution in [0.1, 0.15) is 13.3 Å². The highest BCUT2D eigenvalue weighted by Gasteiger charge is 2.29. The summed E-state index contributed by atoms with van der Waals surface area (Å²) in [5.41, 5.74) is 6.79. The van der Waals surface area contributed by atoms with Crippen molar-refractivity contribution in [1.82, 2.24) is 4.31 Å². The highest BCUT2D eigenvalue weighted by Crippen LogP contribution is 2.35. The summed E-state index contributed by atoms with van der Waals surface area (Å²) in [6.07, 6.45) is 2.73. The van der Waals surface area contributed by atoms with Crippen LogP contribution in [0.2, 0.25) is 10.0 Å². The fourth-order valence-corrected chi connectivity index (χ4v) is 4.21. The third-order valence-corrected chi connectivity index (χ3v) is 5.74. The first kappa shape index (κ1) is 14.7. The number of halogens is 2. The molecule has 0 saturated carbocycles. The van der Waals surface area contributed by atoms with Gasteiger partial charge in [0, 0.05) is 13.1 Å². The number of hydrogen-bond acceptors (Lipinski definition) is 3. The molecule has 0 aliphatic carbocycles. The lowest BCUT2D eigenvalue weighted by Crippen LogP contribution is -2.35. The molecule has 1 aromatic rings. The molecule has 0 saturated heterocycles. The molecule has 4 nitrogen and oxygen atoms in total. The SMILES string of the molecule is CC1=CCCN(S(=O)(=O)c2ccc(Cl)c(N)c2Cl)C1. The molecule has 104 valence electrons. The number of benzene rings is 1. The maximum atomic E-state index is 12.5. The minimum absolute atomic E-state index is 0.00534. The van der Waals surface area contributed by atoms with Gasteiger partial charge in [0.1, 0.15) is 4.90 Å². The highest BCUT2D eigenvalue weighted by molar-refractivity contribution is 7.89. The Kier molecular flexibility index (Phi) is 4.11. The van der Waals surface area contributed by atoms with E-state index in [1.807, 2.05) is 13.0 Å². The Morgan fingerprint density at radius 2 is 2.00 bits per heavy atom. The number of nitrogen functional groups attached to an aromatic ring is 1. The van der Waals surface area contributed by atoms with Gasteiger partial charge in [0.05, 0.1) is 15.7 Å². The van der Waals surface area contributed by atoms with Crippen molar-refractivity contribution in [2.24, 2.45) is 0 Å². The molecule has 1 aliphatic heterocycles. The fraction of sp³-hybridized carbons (Fsp3) is 0.333. The normalized spacial score (nSPS) is 17.3. The van der Waals surface area contributed by atoms with Crippen molar-refractivity contribution < 1.29 is 8.42 Å². The summed E-state index contributed by atoms with van der Waals surface area (Å²) < 4.78 is 26.5. The zero-order chi connectivity index (χ0) is 14.2. The molecule has 0 radical (unpaired) electrons. The molecule has 7 heteroatoms. The van der Waals surface area contributed by atoms with Gasteiger partial charge < -0.3 is 5.73 Å². The molecule has 0 unspecified atom stereocenters. The van der Waals surface area contributed by atoms with Crippen LogP contribution in [-0.4, -0.2) is 25.8 Å². The lowest BCUT2D eigenvalue weighted by atomic mass is 10.2. The predicted molar refractivity (Wildman–Crippen MR) is 78.0 cm³/mol. The van der Waals surface area contributed by atoms with Gasteiger partial charge in [0.25, 0.3) is 0 Å². The molecular formula is C12H14Cl2N2O2S. The molecule has 0 spiro atoms. The van der Waals surface area contributed by atoms with Gasteiger partial charge in [0.2, 0.25) is 10.0 Å². The Labute approximate surface area is 122 Å². The van der Waals surface area contributed by atoms with Gasteiger partial charge in [-0.2, -0.15) is 4.31 Å². The first-order valence-electron chi connectivity index (χ1n) is 5.73. The number of anilines is 1. The predicted octanol–water partition coefficient (Wildman–Crippen LogP) is 2.92. The second-order valence-electron chi connectivity index (χ2n) is 4.45. The van der Waals surface area contributed by atoms with Crippen molar-refractivity contribution in [3.8, 4) is 0 Å². The van der Waals surface area contributed by atoms with Crippen LogP contribution in [0.15, 0.2) is 28.7 Å². The zero-order valence-electron chi connectivity index (χ0n) is 10.4. The fourth-order valence-electron chi connectivity index (χ4n) is 1.97. The maximum Gasteiger partial charge on any atom is 0.244 e. The number of nitrogens with zero attached hydrogens (tertiary/aromatic N) is 1. The Balaban J connectivity index is 2.46. The van der Waals surface area contributed by atoms with Crippen molar-refractivity contribution in [2.75, 3.05) is 18.8 Å². The number of nitrogens with two attached hydrogens (primary N) is 1. The van der Waals surface area contributed by atoms with E-state index >= 15 is 0 Å². The average molecular weight is 321 g/mol. The third-order valence-electron chi connectivity index (χ3n) is 3.01. The summed E-state index contributed by atoms with van der Waals surface area (Å²) in [7, 11) is -3.64. The number of sulfonamides is 1. The van der Waals surface area contributed by atoms with Gasteiger partial charge in [-0.25, -0.2) is 8.42 Å². The van der Waals surface area contributed by atoms with Crippen molar-refractivity contribution >= 4 is 38.9 Å². The second kappa shape index (κ2) is 5.32. The van der Waals surface area contributed by atoms with Crippen LogP contribution in [0.4, 0.5) is 5.69 Å².